The van der Waals surface area contributed by atoms with Gasteiger partial charge in [0.25, 0.3) is 0 Å². The Balaban J connectivity index is 3.09. The Kier molecular flexibility index (Phi) is 8.57. The summed E-state index contributed by atoms with van der Waals surface area (Å²) in [6.45, 7) is 3.09. The first kappa shape index (κ1) is 13.4. The zero-order valence-corrected chi connectivity index (χ0v) is 9.00. The predicted octanol–water partition coefficient (Wildman–Crippen LogP) is 0.786. The SMILES string of the molecule is CCCCCCCOCC(N)C(N)=O. The number of carbonyl (C=O) groups is 1. The Bertz CT molecular complexity index is 151. The third kappa shape index (κ3) is 8.01. The molecule has 0 radical (unpaired) electrons. The molecular weight excluding hydrogens is 180 g/mol. The Morgan fingerprint density at radius 1 is 1.29 bits per heavy atom. The molecule has 0 saturated heterocycles. The van der Waals surface area contributed by atoms with E-state index in [1.165, 1.54) is 25.7 Å². The van der Waals surface area contributed by atoms with Crippen molar-refractivity contribution in [2.75, 3.05) is 13.2 Å². The Morgan fingerprint density at radius 3 is 2.50 bits per heavy atom. The summed E-state index contributed by atoms with van der Waals surface area (Å²) in [5, 5.41) is 0. The highest BCUT2D eigenvalue weighted by atomic mass is 16.5. The first-order valence-electron chi connectivity index (χ1n) is 5.31. The first-order valence-corrected chi connectivity index (χ1v) is 5.31. The second-order valence-electron chi connectivity index (χ2n) is 3.50. The lowest BCUT2D eigenvalue weighted by molar-refractivity contribution is -0.120. The fourth-order valence-electron chi connectivity index (χ4n) is 1.10. The molecule has 0 saturated carbocycles. The van der Waals surface area contributed by atoms with Crippen LogP contribution < -0.4 is 11.5 Å². The molecule has 4 heteroatoms. The monoisotopic (exact) mass is 202 g/mol. The van der Waals surface area contributed by atoms with E-state index in [1.807, 2.05) is 0 Å². The lowest BCUT2D eigenvalue weighted by Crippen LogP contribution is -2.40. The molecule has 0 bridgehead atoms. The maximum atomic E-state index is 10.5. The van der Waals surface area contributed by atoms with E-state index in [0.29, 0.717) is 6.61 Å². The quantitative estimate of drug-likeness (QED) is 0.542. The van der Waals surface area contributed by atoms with Crippen LogP contribution in [0.15, 0.2) is 0 Å². The molecule has 0 heterocycles. The summed E-state index contributed by atoms with van der Waals surface area (Å²) in [6.07, 6.45) is 5.99. The van der Waals surface area contributed by atoms with Crippen LogP contribution in [0.1, 0.15) is 39.0 Å². The molecule has 0 spiro atoms. The molecule has 1 amide bonds. The highest BCUT2D eigenvalue weighted by Gasteiger charge is 2.07. The van der Waals surface area contributed by atoms with E-state index in [2.05, 4.69) is 6.92 Å². The summed E-state index contributed by atoms with van der Waals surface area (Å²) >= 11 is 0. The molecule has 1 atom stereocenters. The summed E-state index contributed by atoms with van der Waals surface area (Å²) < 4.78 is 5.21. The molecule has 84 valence electrons. The highest BCUT2D eigenvalue weighted by molar-refractivity contribution is 5.79. The fraction of sp³-hybridized carbons (Fsp3) is 0.900. The zero-order chi connectivity index (χ0) is 10.8. The molecule has 0 aliphatic carbocycles. The standard InChI is InChI=1S/C10H22N2O2/c1-2-3-4-5-6-7-14-8-9(11)10(12)13/h9H,2-8,11H2,1H3,(H2,12,13). The minimum absolute atomic E-state index is 0.239. The van der Waals surface area contributed by atoms with Gasteiger partial charge in [-0.3, -0.25) is 4.79 Å². The van der Waals surface area contributed by atoms with Crippen molar-refractivity contribution in [3.05, 3.63) is 0 Å². The highest BCUT2D eigenvalue weighted by Crippen LogP contribution is 2.02. The number of rotatable bonds is 9. The number of hydrogen-bond acceptors (Lipinski definition) is 3. The smallest absolute Gasteiger partial charge is 0.236 e. The number of unbranched alkanes of at least 4 members (excludes halogenated alkanes) is 4. The summed E-state index contributed by atoms with van der Waals surface area (Å²) in [4.78, 5) is 10.5. The van der Waals surface area contributed by atoms with Gasteiger partial charge in [-0.05, 0) is 6.42 Å². The van der Waals surface area contributed by atoms with Crippen LogP contribution in [0, 0.1) is 0 Å². The van der Waals surface area contributed by atoms with Crippen molar-refractivity contribution in [2.24, 2.45) is 11.5 Å². The van der Waals surface area contributed by atoms with Crippen molar-refractivity contribution < 1.29 is 9.53 Å². The average Bonchev–Trinajstić information content (AvgIpc) is 2.16. The van der Waals surface area contributed by atoms with Crippen LogP contribution in [0.2, 0.25) is 0 Å². The van der Waals surface area contributed by atoms with Crippen molar-refractivity contribution in [3.63, 3.8) is 0 Å². The van der Waals surface area contributed by atoms with Gasteiger partial charge in [-0.1, -0.05) is 32.6 Å². The zero-order valence-electron chi connectivity index (χ0n) is 9.00. The molecule has 4 nitrogen and oxygen atoms in total. The van der Waals surface area contributed by atoms with Gasteiger partial charge in [0.1, 0.15) is 6.04 Å². The van der Waals surface area contributed by atoms with E-state index < -0.39 is 11.9 Å². The van der Waals surface area contributed by atoms with Crippen LogP contribution in [0.3, 0.4) is 0 Å². The summed E-state index contributed by atoms with van der Waals surface area (Å²) in [6, 6.07) is -0.661. The van der Waals surface area contributed by atoms with Gasteiger partial charge in [-0.15, -0.1) is 0 Å². The molecule has 0 aromatic rings. The van der Waals surface area contributed by atoms with Crippen LogP contribution in [-0.2, 0) is 9.53 Å². The van der Waals surface area contributed by atoms with Gasteiger partial charge in [0.2, 0.25) is 5.91 Å². The molecule has 4 N–H and O–H groups in total. The molecule has 0 rings (SSSR count). The first-order chi connectivity index (χ1) is 6.68. The Labute approximate surface area is 86.0 Å². The Morgan fingerprint density at radius 2 is 1.93 bits per heavy atom. The van der Waals surface area contributed by atoms with Crippen molar-refractivity contribution in [2.45, 2.75) is 45.1 Å². The van der Waals surface area contributed by atoms with Crippen LogP contribution in [0.4, 0.5) is 0 Å². The second-order valence-corrected chi connectivity index (χ2v) is 3.50. The van der Waals surface area contributed by atoms with Crippen molar-refractivity contribution >= 4 is 5.91 Å². The van der Waals surface area contributed by atoms with Gasteiger partial charge in [0.05, 0.1) is 6.61 Å². The van der Waals surface area contributed by atoms with E-state index in [0.717, 1.165) is 6.42 Å². The van der Waals surface area contributed by atoms with Crippen LogP contribution >= 0.6 is 0 Å². The molecule has 0 aromatic carbocycles. The van der Waals surface area contributed by atoms with Crippen molar-refractivity contribution in [1.29, 1.82) is 0 Å². The van der Waals surface area contributed by atoms with E-state index in [9.17, 15) is 4.79 Å². The summed E-state index contributed by atoms with van der Waals surface area (Å²) in [5.74, 6) is -0.504. The van der Waals surface area contributed by atoms with Crippen LogP contribution in [-0.4, -0.2) is 25.2 Å². The Hall–Kier alpha value is -0.610. The minimum atomic E-state index is -0.661. The molecule has 0 aliphatic heterocycles. The maximum Gasteiger partial charge on any atom is 0.236 e. The number of nitrogens with two attached hydrogens (primary N) is 2. The van der Waals surface area contributed by atoms with E-state index >= 15 is 0 Å². The normalized spacial score (nSPS) is 12.7. The van der Waals surface area contributed by atoms with Gasteiger partial charge in [0, 0.05) is 6.61 Å². The summed E-state index contributed by atoms with van der Waals surface area (Å²) in [5.41, 5.74) is 10.4. The number of carbonyl (C=O) groups excluding carboxylic acids is 1. The maximum absolute atomic E-state index is 10.5. The van der Waals surface area contributed by atoms with E-state index in [-0.39, 0.29) is 6.61 Å². The lowest BCUT2D eigenvalue weighted by Gasteiger charge is -2.07. The number of primary amides is 1. The van der Waals surface area contributed by atoms with E-state index in [4.69, 9.17) is 16.2 Å². The third-order valence-electron chi connectivity index (χ3n) is 2.06. The molecule has 0 fully saturated rings. The van der Waals surface area contributed by atoms with Crippen molar-refractivity contribution in [3.8, 4) is 0 Å². The van der Waals surface area contributed by atoms with Gasteiger partial charge in [-0.25, -0.2) is 0 Å². The number of amides is 1. The molecule has 1 unspecified atom stereocenters. The van der Waals surface area contributed by atoms with Crippen LogP contribution in [0.25, 0.3) is 0 Å². The second kappa shape index (κ2) is 8.97. The largest absolute Gasteiger partial charge is 0.379 e. The molecular formula is C10H22N2O2. The number of hydrogen-bond donors (Lipinski definition) is 2. The minimum Gasteiger partial charge on any atom is -0.379 e. The fourth-order valence-corrected chi connectivity index (χ4v) is 1.10. The lowest BCUT2D eigenvalue weighted by atomic mass is 10.2. The topological polar surface area (TPSA) is 78.3 Å². The van der Waals surface area contributed by atoms with Gasteiger partial charge in [-0.2, -0.15) is 0 Å². The molecule has 0 aliphatic rings. The van der Waals surface area contributed by atoms with Crippen LogP contribution in [0.5, 0.6) is 0 Å². The molecule has 0 aromatic heterocycles. The van der Waals surface area contributed by atoms with E-state index in [1.54, 1.807) is 0 Å². The van der Waals surface area contributed by atoms with Gasteiger partial charge >= 0.3 is 0 Å². The average molecular weight is 202 g/mol. The summed E-state index contributed by atoms with van der Waals surface area (Å²) in [7, 11) is 0. The number of ether oxygens (including phenoxy) is 1. The molecule has 14 heavy (non-hydrogen) atoms. The predicted molar refractivity (Wildman–Crippen MR) is 56.7 cm³/mol. The van der Waals surface area contributed by atoms with Gasteiger partial charge < -0.3 is 16.2 Å². The van der Waals surface area contributed by atoms with Gasteiger partial charge in [0.15, 0.2) is 0 Å². The van der Waals surface area contributed by atoms with Crippen molar-refractivity contribution in [1.82, 2.24) is 0 Å². The third-order valence-corrected chi connectivity index (χ3v) is 2.06.